The fourth-order valence-electron chi connectivity index (χ4n) is 2.78. The van der Waals surface area contributed by atoms with Crippen LogP contribution in [0.25, 0.3) is 11.4 Å². The van der Waals surface area contributed by atoms with Gasteiger partial charge >= 0.3 is 0 Å². The number of allylic oxidation sites excluding steroid dienone is 1. The van der Waals surface area contributed by atoms with Crippen LogP contribution in [0.3, 0.4) is 0 Å². The topological polar surface area (TPSA) is 63.9 Å². The highest BCUT2D eigenvalue weighted by Gasteiger charge is 2.21. The van der Waals surface area contributed by atoms with Gasteiger partial charge in [-0.3, -0.25) is 14.3 Å². The van der Waals surface area contributed by atoms with Gasteiger partial charge in [0.15, 0.2) is 11.0 Å². The summed E-state index contributed by atoms with van der Waals surface area (Å²) in [6, 6.07) is 4.13. The van der Waals surface area contributed by atoms with Gasteiger partial charge in [0.2, 0.25) is 5.91 Å². The van der Waals surface area contributed by atoms with Crippen molar-refractivity contribution in [2.75, 3.05) is 5.75 Å². The van der Waals surface area contributed by atoms with Gasteiger partial charge in [0, 0.05) is 36.6 Å². The minimum absolute atomic E-state index is 0.105. The highest BCUT2D eigenvalue weighted by molar-refractivity contribution is 7.99. The van der Waals surface area contributed by atoms with Gasteiger partial charge in [0.05, 0.1) is 5.75 Å². The molecule has 2 aromatic rings. The number of thioether (sulfide) groups is 1. The minimum atomic E-state index is 0.105. The summed E-state index contributed by atoms with van der Waals surface area (Å²) in [4.78, 5) is 18.5. The second-order valence-electron chi connectivity index (χ2n) is 6.22. The highest BCUT2D eigenvalue weighted by atomic mass is 32.2. The normalized spacial score (nSPS) is 11.1. The number of amides is 1. The maximum atomic E-state index is 12.6. The zero-order chi connectivity index (χ0) is 18.4. The number of aromatic nitrogens is 4. The molecule has 0 saturated carbocycles. The lowest BCUT2D eigenvalue weighted by Crippen LogP contribution is -2.43. The maximum Gasteiger partial charge on any atom is 0.233 e. The summed E-state index contributed by atoms with van der Waals surface area (Å²) in [6.45, 7) is 12.5. The van der Waals surface area contributed by atoms with E-state index in [0.29, 0.717) is 17.5 Å². The van der Waals surface area contributed by atoms with E-state index in [2.05, 4.69) is 21.8 Å². The van der Waals surface area contributed by atoms with Crippen LogP contribution in [0.5, 0.6) is 0 Å². The fourth-order valence-corrected chi connectivity index (χ4v) is 3.59. The lowest BCUT2D eigenvalue weighted by molar-refractivity contribution is -0.131. The minimum Gasteiger partial charge on any atom is -0.337 e. The molecule has 25 heavy (non-hydrogen) atoms. The third-order valence-corrected chi connectivity index (χ3v) is 4.64. The van der Waals surface area contributed by atoms with Gasteiger partial charge in [-0.1, -0.05) is 17.8 Å². The van der Waals surface area contributed by atoms with Crippen LogP contribution in [0.15, 0.2) is 42.3 Å². The van der Waals surface area contributed by atoms with Crippen LogP contribution in [-0.4, -0.2) is 48.4 Å². The van der Waals surface area contributed by atoms with Crippen molar-refractivity contribution in [2.45, 2.75) is 51.5 Å². The molecule has 2 aromatic heterocycles. The van der Waals surface area contributed by atoms with E-state index >= 15 is 0 Å². The molecule has 6 nitrogen and oxygen atoms in total. The van der Waals surface area contributed by atoms with Gasteiger partial charge < -0.3 is 4.90 Å². The van der Waals surface area contributed by atoms with Crippen molar-refractivity contribution < 1.29 is 4.79 Å². The molecule has 0 aliphatic carbocycles. The first-order valence-corrected chi connectivity index (χ1v) is 9.32. The van der Waals surface area contributed by atoms with Crippen LogP contribution >= 0.6 is 11.8 Å². The van der Waals surface area contributed by atoms with E-state index in [0.717, 1.165) is 11.4 Å². The number of carbonyl (C=O) groups excluding carboxylic acids is 1. The predicted octanol–water partition coefficient (Wildman–Crippen LogP) is 3.26. The smallest absolute Gasteiger partial charge is 0.233 e. The molecule has 0 N–H and O–H groups in total. The monoisotopic (exact) mass is 359 g/mol. The Morgan fingerprint density at radius 2 is 1.88 bits per heavy atom. The summed E-state index contributed by atoms with van der Waals surface area (Å²) >= 11 is 1.41. The number of nitrogens with zero attached hydrogens (tertiary/aromatic N) is 5. The Hall–Kier alpha value is -2.15. The third-order valence-electron chi connectivity index (χ3n) is 3.69. The van der Waals surface area contributed by atoms with Gasteiger partial charge in [-0.15, -0.1) is 16.8 Å². The molecular formula is C18H25N5OS. The van der Waals surface area contributed by atoms with Crippen molar-refractivity contribution in [3.63, 3.8) is 0 Å². The maximum absolute atomic E-state index is 12.6. The van der Waals surface area contributed by atoms with Crippen molar-refractivity contribution in [3.8, 4) is 11.4 Å². The molecule has 0 radical (unpaired) electrons. The summed E-state index contributed by atoms with van der Waals surface area (Å²) in [6.07, 6.45) is 5.25. The van der Waals surface area contributed by atoms with E-state index in [9.17, 15) is 4.79 Å². The van der Waals surface area contributed by atoms with Gasteiger partial charge in [-0.25, -0.2) is 0 Å². The largest absolute Gasteiger partial charge is 0.337 e. The Morgan fingerprint density at radius 3 is 2.44 bits per heavy atom. The SMILES string of the molecule is C=CCn1c(SCC(=O)N(C(C)C)C(C)C)nnc1-c1ccncc1. The second-order valence-corrected chi connectivity index (χ2v) is 7.16. The van der Waals surface area contributed by atoms with Crippen LogP contribution in [0.1, 0.15) is 27.7 Å². The summed E-state index contributed by atoms with van der Waals surface area (Å²) in [5, 5.41) is 9.27. The van der Waals surface area contributed by atoms with E-state index in [4.69, 9.17) is 0 Å². The van der Waals surface area contributed by atoms with Crippen LogP contribution in [0.2, 0.25) is 0 Å². The molecule has 0 fully saturated rings. The Labute approximate surface area is 153 Å². The molecule has 2 heterocycles. The molecule has 0 unspecified atom stereocenters. The standard InChI is InChI=1S/C18H25N5OS/c1-6-11-22-17(15-7-9-19-10-8-15)20-21-18(22)25-12-16(24)23(13(2)3)14(4)5/h6-10,13-14H,1,11-12H2,2-5H3. The lowest BCUT2D eigenvalue weighted by Gasteiger charge is -2.30. The van der Waals surface area contributed by atoms with E-state index in [1.165, 1.54) is 11.8 Å². The summed E-state index contributed by atoms with van der Waals surface area (Å²) in [7, 11) is 0. The molecular weight excluding hydrogens is 334 g/mol. The van der Waals surface area contributed by atoms with E-state index in [-0.39, 0.29) is 18.0 Å². The second kappa shape index (κ2) is 8.80. The molecule has 0 saturated heterocycles. The van der Waals surface area contributed by atoms with Crippen molar-refractivity contribution in [3.05, 3.63) is 37.2 Å². The first-order chi connectivity index (χ1) is 12.0. The van der Waals surface area contributed by atoms with Crippen LogP contribution in [0.4, 0.5) is 0 Å². The first-order valence-electron chi connectivity index (χ1n) is 8.34. The van der Waals surface area contributed by atoms with Crippen molar-refractivity contribution in [1.82, 2.24) is 24.6 Å². The van der Waals surface area contributed by atoms with Gasteiger partial charge in [0.25, 0.3) is 0 Å². The van der Waals surface area contributed by atoms with E-state index < -0.39 is 0 Å². The Morgan fingerprint density at radius 1 is 1.24 bits per heavy atom. The molecule has 134 valence electrons. The molecule has 1 amide bonds. The Balaban J connectivity index is 2.19. The average molecular weight is 359 g/mol. The Kier molecular flexibility index (Phi) is 6.75. The first kappa shape index (κ1) is 19.2. The zero-order valence-corrected chi connectivity index (χ0v) is 16.0. The van der Waals surface area contributed by atoms with Gasteiger partial charge in [-0.05, 0) is 39.8 Å². The molecule has 0 bridgehead atoms. The number of carbonyl (C=O) groups is 1. The summed E-state index contributed by atoms with van der Waals surface area (Å²) in [5.74, 6) is 1.19. The summed E-state index contributed by atoms with van der Waals surface area (Å²) in [5.41, 5.74) is 0.938. The molecule has 0 aromatic carbocycles. The number of hydrogen-bond donors (Lipinski definition) is 0. The van der Waals surface area contributed by atoms with Crippen molar-refractivity contribution in [1.29, 1.82) is 0 Å². The fraction of sp³-hybridized carbons (Fsp3) is 0.444. The van der Waals surface area contributed by atoms with Crippen LogP contribution in [-0.2, 0) is 11.3 Å². The number of pyridine rings is 1. The zero-order valence-electron chi connectivity index (χ0n) is 15.2. The molecule has 0 aliphatic rings. The average Bonchev–Trinajstić information content (AvgIpc) is 2.96. The van der Waals surface area contributed by atoms with Crippen molar-refractivity contribution in [2.24, 2.45) is 0 Å². The third kappa shape index (κ3) is 4.69. The van der Waals surface area contributed by atoms with E-state index in [1.54, 1.807) is 18.5 Å². The summed E-state index contributed by atoms with van der Waals surface area (Å²) < 4.78 is 1.97. The molecule has 0 spiro atoms. The van der Waals surface area contributed by atoms with Crippen LogP contribution in [0, 0.1) is 0 Å². The highest BCUT2D eigenvalue weighted by Crippen LogP contribution is 2.24. The molecule has 2 rings (SSSR count). The van der Waals surface area contributed by atoms with Gasteiger partial charge in [0.1, 0.15) is 0 Å². The number of hydrogen-bond acceptors (Lipinski definition) is 5. The molecule has 7 heteroatoms. The Bertz CT molecular complexity index is 704. The van der Waals surface area contributed by atoms with Gasteiger partial charge in [-0.2, -0.15) is 0 Å². The quantitative estimate of drug-likeness (QED) is 0.535. The molecule has 0 atom stereocenters. The van der Waals surface area contributed by atoms with E-state index in [1.807, 2.05) is 49.3 Å². The predicted molar refractivity (Wildman–Crippen MR) is 101 cm³/mol. The number of rotatable bonds is 8. The molecule has 0 aliphatic heterocycles. The van der Waals surface area contributed by atoms with Crippen LogP contribution < -0.4 is 0 Å². The lowest BCUT2D eigenvalue weighted by atomic mass is 10.2. The van der Waals surface area contributed by atoms with Crippen molar-refractivity contribution >= 4 is 17.7 Å².